The molecular weight excluding hydrogens is 346 g/mol. The molecule has 0 spiro atoms. The molecular formula is C21H17NOS2. The van der Waals surface area contributed by atoms with Gasteiger partial charge in [0.05, 0.1) is 10.2 Å². The van der Waals surface area contributed by atoms with E-state index in [-0.39, 0.29) is 6.10 Å². The summed E-state index contributed by atoms with van der Waals surface area (Å²) in [7, 11) is 0. The average Bonchev–Trinajstić information content (AvgIpc) is 3.09. The molecule has 1 unspecified atom stereocenters. The van der Waals surface area contributed by atoms with Crippen LogP contribution < -0.4 is 4.74 Å². The minimum atomic E-state index is -0.0133. The second-order valence-corrected chi connectivity index (χ2v) is 7.89. The summed E-state index contributed by atoms with van der Waals surface area (Å²) >= 11 is 3.49. The number of benzene rings is 3. The minimum Gasteiger partial charge on any atom is -0.485 e. The smallest absolute Gasteiger partial charge is 0.151 e. The van der Waals surface area contributed by atoms with Gasteiger partial charge in [0, 0.05) is 5.75 Å². The molecule has 0 aliphatic heterocycles. The van der Waals surface area contributed by atoms with Crippen LogP contribution in [0.4, 0.5) is 0 Å². The van der Waals surface area contributed by atoms with Crippen LogP contribution in [0.3, 0.4) is 0 Å². The van der Waals surface area contributed by atoms with Gasteiger partial charge in [-0.15, -0.1) is 11.3 Å². The van der Waals surface area contributed by atoms with E-state index in [9.17, 15) is 0 Å². The SMILES string of the molecule is c1ccc(OC(CSc2nc3ccccc3s2)c2ccccc2)cc1. The van der Waals surface area contributed by atoms with Gasteiger partial charge < -0.3 is 4.74 Å². The van der Waals surface area contributed by atoms with Crippen molar-refractivity contribution >= 4 is 33.3 Å². The molecule has 124 valence electrons. The molecule has 25 heavy (non-hydrogen) atoms. The van der Waals surface area contributed by atoms with Crippen LogP contribution >= 0.6 is 23.1 Å². The number of aromatic nitrogens is 1. The molecule has 0 radical (unpaired) electrons. The molecule has 0 saturated heterocycles. The van der Waals surface area contributed by atoms with E-state index in [2.05, 4.69) is 42.5 Å². The number of ether oxygens (including phenoxy) is 1. The largest absolute Gasteiger partial charge is 0.485 e. The predicted molar refractivity (Wildman–Crippen MR) is 107 cm³/mol. The van der Waals surface area contributed by atoms with Crippen molar-refractivity contribution in [2.45, 2.75) is 10.4 Å². The maximum absolute atomic E-state index is 6.25. The Morgan fingerprint density at radius 3 is 2.28 bits per heavy atom. The van der Waals surface area contributed by atoms with Crippen molar-refractivity contribution in [2.24, 2.45) is 0 Å². The summed E-state index contributed by atoms with van der Waals surface area (Å²) in [5.74, 6) is 1.71. The summed E-state index contributed by atoms with van der Waals surface area (Å²) in [6.07, 6.45) is -0.0133. The fourth-order valence-electron chi connectivity index (χ4n) is 2.59. The lowest BCUT2D eigenvalue weighted by Gasteiger charge is -2.19. The summed E-state index contributed by atoms with van der Waals surface area (Å²) < 4.78 is 8.56. The van der Waals surface area contributed by atoms with Crippen molar-refractivity contribution in [3.63, 3.8) is 0 Å². The zero-order valence-electron chi connectivity index (χ0n) is 13.5. The Hall–Kier alpha value is -2.30. The van der Waals surface area contributed by atoms with Gasteiger partial charge in [-0.1, -0.05) is 72.4 Å². The first kappa shape index (κ1) is 16.2. The lowest BCUT2D eigenvalue weighted by Crippen LogP contribution is -2.10. The fourth-order valence-corrected chi connectivity index (χ4v) is 4.71. The molecule has 4 aromatic rings. The van der Waals surface area contributed by atoms with Crippen molar-refractivity contribution in [1.29, 1.82) is 0 Å². The molecule has 0 aliphatic carbocycles. The molecule has 0 N–H and O–H groups in total. The van der Waals surface area contributed by atoms with Crippen LogP contribution in [0.2, 0.25) is 0 Å². The fraction of sp³-hybridized carbons (Fsp3) is 0.0952. The quantitative estimate of drug-likeness (QED) is 0.380. The first-order valence-corrected chi connectivity index (χ1v) is 9.94. The molecule has 4 heteroatoms. The van der Waals surface area contributed by atoms with Gasteiger partial charge in [0.15, 0.2) is 4.34 Å². The summed E-state index contributed by atoms with van der Waals surface area (Å²) in [4.78, 5) is 4.71. The number of para-hydroxylation sites is 2. The highest BCUT2D eigenvalue weighted by atomic mass is 32.2. The van der Waals surface area contributed by atoms with Crippen LogP contribution in [0.1, 0.15) is 11.7 Å². The lowest BCUT2D eigenvalue weighted by atomic mass is 10.1. The van der Waals surface area contributed by atoms with E-state index in [1.165, 1.54) is 10.3 Å². The van der Waals surface area contributed by atoms with Gasteiger partial charge in [-0.3, -0.25) is 0 Å². The van der Waals surface area contributed by atoms with Gasteiger partial charge in [0.1, 0.15) is 11.9 Å². The van der Waals surface area contributed by atoms with Crippen LogP contribution in [0, 0.1) is 0 Å². The third kappa shape index (κ3) is 4.03. The van der Waals surface area contributed by atoms with E-state index in [0.717, 1.165) is 21.4 Å². The highest BCUT2D eigenvalue weighted by Crippen LogP contribution is 2.33. The molecule has 0 bridgehead atoms. The number of rotatable bonds is 6. The average molecular weight is 364 g/mol. The molecule has 0 saturated carbocycles. The molecule has 2 nitrogen and oxygen atoms in total. The minimum absolute atomic E-state index is 0.0133. The maximum Gasteiger partial charge on any atom is 0.151 e. The van der Waals surface area contributed by atoms with E-state index in [1.54, 1.807) is 23.1 Å². The summed E-state index contributed by atoms with van der Waals surface area (Å²) in [6, 6.07) is 28.6. The Bertz CT molecular complexity index is 905. The van der Waals surface area contributed by atoms with Crippen LogP contribution in [0.15, 0.2) is 89.3 Å². The van der Waals surface area contributed by atoms with Crippen LogP contribution in [-0.2, 0) is 0 Å². The van der Waals surface area contributed by atoms with Crippen LogP contribution in [0.25, 0.3) is 10.2 Å². The van der Waals surface area contributed by atoms with E-state index >= 15 is 0 Å². The van der Waals surface area contributed by atoms with Gasteiger partial charge in [0.2, 0.25) is 0 Å². The lowest BCUT2D eigenvalue weighted by molar-refractivity contribution is 0.231. The van der Waals surface area contributed by atoms with Crippen LogP contribution in [0.5, 0.6) is 5.75 Å². The van der Waals surface area contributed by atoms with Gasteiger partial charge in [-0.05, 0) is 29.8 Å². The monoisotopic (exact) mass is 363 g/mol. The van der Waals surface area contributed by atoms with Gasteiger partial charge in [-0.25, -0.2) is 4.98 Å². The molecule has 0 aliphatic rings. The molecule has 1 aromatic heterocycles. The number of hydrogen-bond acceptors (Lipinski definition) is 4. The van der Waals surface area contributed by atoms with E-state index in [1.807, 2.05) is 42.5 Å². The van der Waals surface area contributed by atoms with Crippen LogP contribution in [-0.4, -0.2) is 10.7 Å². The Kier molecular flexibility index (Phi) is 5.00. The molecule has 0 amide bonds. The third-order valence-corrected chi connectivity index (χ3v) is 6.07. The standard InChI is InChI=1S/C21H17NOS2/c1-3-9-16(10-4-1)19(23-17-11-5-2-6-12-17)15-24-21-22-18-13-7-8-14-20(18)25-21/h1-14,19H,15H2. The normalized spacial score (nSPS) is 12.2. The van der Waals surface area contributed by atoms with Crippen molar-refractivity contribution in [3.05, 3.63) is 90.5 Å². The third-order valence-electron chi connectivity index (χ3n) is 3.83. The molecule has 3 aromatic carbocycles. The van der Waals surface area contributed by atoms with Gasteiger partial charge in [-0.2, -0.15) is 0 Å². The second-order valence-electron chi connectivity index (χ2n) is 5.59. The molecule has 4 rings (SSSR count). The van der Waals surface area contributed by atoms with Crippen molar-refractivity contribution < 1.29 is 4.74 Å². The Balaban J connectivity index is 1.53. The highest BCUT2D eigenvalue weighted by Gasteiger charge is 2.15. The zero-order valence-corrected chi connectivity index (χ0v) is 15.2. The number of hydrogen-bond donors (Lipinski definition) is 0. The Labute approximate surface area is 155 Å². The van der Waals surface area contributed by atoms with Crippen molar-refractivity contribution in [1.82, 2.24) is 4.98 Å². The first-order chi connectivity index (χ1) is 12.4. The molecule has 1 heterocycles. The zero-order chi connectivity index (χ0) is 16.9. The van der Waals surface area contributed by atoms with Crippen molar-refractivity contribution in [3.8, 4) is 5.75 Å². The van der Waals surface area contributed by atoms with Gasteiger partial charge in [0.25, 0.3) is 0 Å². The summed E-state index contributed by atoms with van der Waals surface area (Å²) in [5, 5.41) is 0. The predicted octanol–water partition coefficient (Wildman–Crippen LogP) is 6.21. The summed E-state index contributed by atoms with van der Waals surface area (Å²) in [5.41, 5.74) is 2.25. The topological polar surface area (TPSA) is 22.1 Å². The van der Waals surface area contributed by atoms with E-state index in [0.29, 0.717) is 0 Å². The Morgan fingerprint density at radius 1 is 0.840 bits per heavy atom. The van der Waals surface area contributed by atoms with Crippen molar-refractivity contribution in [2.75, 3.05) is 5.75 Å². The number of nitrogens with zero attached hydrogens (tertiary/aromatic N) is 1. The van der Waals surface area contributed by atoms with E-state index in [4.69, 9.17) is 9.72 Å². The van der Waals surface area contributed by atoms with E-state index < -0.39 is 0 Å². The second kappa shape index (κ2) is 7.72. The number of fused-ring (bicyclic) bond motifs is 1. The molecule has 1 atom stereocenters. The number of thiazole rings is 1. The Morgan fingerprint density at radius 2 is 1.52 bits per heavy atom. The number of thioether (sulfide) groups is 1. The summed E-state index contributed by atoms with van der Waals surface area (Å²) in [6.45, 7) is 0. The molecule has 0 fully saturated rings. The highest BCUT2D eigenvalue weighted by molar-refractivity contribution is 8.01. The van der Waals surface area contributed by atoms with Gasteiger partial charge >= 0.3 is 0 Å². The maximum atomic E-state index is 6.25. The first-order valence-electron chi connectivity index (χ1n) is 8.13.